The Morgan fingerprint density at radius 3 is 2.41 bits per heavy atom. The summed E-state index contributed by atoms with van der Waals surface area (Å²) in [6, 6.07) is 0. The maximum atomic E-state index is 10.9. The normalized spacial score (nSPS) is 10.9. The van der Waals surface area contributed by atoms with E-state index in [4.69, 9.17) is 11.6 Å². The molecule has 0 radical (unpaired) electrons. The molecule has 0 heterocycles. The van der Waals surface area contributed by atoms with Crippen LogP contribution in [0.1, 0.15) is 33.1 Å². The van der Waals surface area contributed by atoms with Crippen LogP contribution in [0.4, 0.5) is 0 Å². The molecular formula is C11H24N4O2. The molecule has 0 bridgehead atoms. The molecule has 0 aromatic rings. The molecule has 0 aliphatic rings. The van der Waals surface area contributed by atoms with Crippen LogP contribution in [0.25, 0.3) is 0 Å². The summed E-state index contributed by atoms with van der Waals surface area (Å²) in [5, 5.41) is 0. The van der Waals surface area contributed by atoms with Crippen LogP contribution >= 0.6 is 0 Å². The van der Waals surface area contributed by atoms with Gasteiger partial charge in [0.1, 0.15) is 0 Å². The number of nitrogens with zero attached hydrogens (tertiary/aromatic N) is 1. The molecule has 2 amide bonds. The molecular weight excluding hydrogens is 220 g/mol. The summed E-state index contributed by atoms with van der Waals surface area (Å²) >= 11 is 0. The average Bonchev–Trinajstić information content (AvgIpc) is 2.22. The van der Waals surface area contributed by atoms with Gasteiger partial charge in [-0.05, 0) is 25.3 Å². The fourth-order valence-electron chi connectivity index (χ4n) is 1.66. The quantitative estimate of drug-likeness (QED) is 0.222. The molecule has 0 aliphatic heterocycles. The second-order valence-electron chi connectivity index (χ2n) is 4.62. The fourth-order valence-corrected chi connectivity index (χ4v) is 1.66. The lowest BCUT2D eigenvalue weighted by Gasteiger charge is -2.22. The molecule has 6 nitrogen and oxygen atoms in total. The van der Waals surface area contributed by atoms with E-state index in [0.717, 1.165) is 25.9 Å². The highest BCUT2D eigenvalue weighted by Gasteiger charge is 2.10. The smallest absolute Gasteiger partial charge is 0.233 e. The van der Waals surface area contributed by atoms with Gasteiger partial charge in [-0.15, -0.1) is 0 Å². The summed E-state index contributed by atoms with van der Waals surface area (Å²) in [6.45, 7) is 6.08. The number of hydrazine groups is 1. The van der Waals surface area contributed by atoms with Crippen molar-refractivity contribution < 1.29 is 9.59 Å². The van der Waals surface area contributed by atoms with Crippen molar-refractivity contribution in [2.24, 2.45) is 17.5 Å². The lowest BCUT2D eigenvalue weighted by molar-refractivity contribution is -0.121. The molecule has 0 rings (SSSR count). The van der Waals surface area contributed by atoms with E-state index >= 15 is 0 Å². The molecule has 0 fully saturated rings. The van der Waals surface area contributed by atoms with Crippen molar-refractivity contribution in [1.29, 1.82) is 0 Å². The lowest BCUT2D eigenvalue weighted by atomic mass is 10.1. The van der Waals surface area contributed by atoms with E-state index in [1.165, 1.54) is 0 Å². The Hall–Kier alpha value is -1.14. The van der Waals surface area contributed by atoms with Gasteiger partial charge in [0.15, 0.2) is 0 Å². The van der Waals surface area contributed by atoms with Gasteiger partial charge < -0.3 is 5.73 Å². The maximum absolute atomic E-state index is 10.9. The van der Waals surface area contributed by atoms with Crippen molar-refractivity contribution in [2.75, 3.05) is 19.6 Å². The van der Waals surface area contributed by atoms with Gasteiger partial charge in [0, 0.05) is 13.0 Å². The van der Waals surface area contributed by atoms with Crippen molar-refractivity contribution in [3.8, 4) is 0 Å². The predicted octanol–water partition coefficient (Wildman–Crippen LogP) is -0.410. The molecule has 0 unspecified atom stereocenters. The average molecular weight is 244 g/mol. The van der Waals surface area contributed by atoms with Crippen molar-refractivity contribution in [3.63, 3.8) is 0 Å². The van der Waals surface area contributed by atoms with Gasteiger partial charge in [0.05, 0.1) is 6.54 Å². The number of carbonyl (C=O) groups is 2. The van der Waals surface area contributed by atoms with Crippen LogP contribution in [0.15, 0.2) is 0 Å². The Labute approximate surface area is 103 Å². The largest absolute Gasteiger partial charge is 0.369 e. The number of nitrogens with one attached hydrogen (secondary N) is 1. The zero-order valence-corrected chi connectivity index (χ0v) is 10.7. The van der Waals surface area contributed by atoms with E-state index < -0.39 is 0 Å². The van der Waals surface area contributed by atoms with E-state index in [-0.39, 0.29) is 18.4 Å². The van der Waals surface area contributed by atoms with E-state index in [1.807, 2.05) is 4.90 Å². The molecule has 0 aromatic heterocycles. The molecule has 5 N–H and O–H groups in total. The minimum atomic E-state index is -0.314. The minimum absolute atomic E-state index is 0.157. The summed E-state index contributed by atoms with van der Waals surface area (Å²) in [4.78, 5) is 23.8. The minimum Gasteiger partial charge on any atom is -0.369 e. The van der Waals surface area contributed by atoms with Crippen molar-refractivity contribution >= 4 is 11.8 Å². The summed E-state index contributed by atoms with van der Waals surface area (Å²) in [7, 11) is 0. The first-order chi connectivity index (χ1) is 7.95. The first kappa shape index (κ1) is 15.9. The Morgan fingerprint density at radius 2 is 1.94 bits per heavy atom. The summed E-state index contributed by atoms with van der Waals surface area (Å²) < 4.78 is 0. The van der Waals surface area contributed by atoms with E-state index in [0.29, 0.717) is 12.3 Å². The number of unbranched alkanes of at least 4 members (excludes halogenated alkanes) is 1. The zero-order valence-electron chi connectivity index (χ0n) is 10.7. The molecule has 0 spiro atoms. The molecule has 100 valence electrons. The number of amides is 2. The fraction of sp³-hybridized carbons (Fsp3) is 0.818. The summed E-state index contributed by atoms with van der Waals surface area (Å²) in [5.74, 6) is 4.99. The standard InChI is InChI=1S/C11H24N4O2/c1-9(2)7-15(8-10(12)16)6-4-3-5-11(17)14-13/h9H,3-8,13H2,1-2H3,(H2,12,16)(H,14,17). The van der Waals surface area contributed by atoms with Gasteiger partial charge in [0.2, 0.25) is 11.8 Å². The number of primary amides is 1. The van der Waals surface area contributed by atoms with E-state index in [9.17, 15) is 9.59 Å². The number of rotatable bonds is 9. The van der Waals surface area contributed by atoms with Crippen LogP contribution in [0.2, 0.25) is 0 Å². The van der Waals surface area contributed by atoms with Gasteiger partial charge in [-0.3, -0.25) is 19.9 Å². The SMILES string of the molecule is CC(C)CN(CCCCC(=O)NN)CC(N)=O. The van der Waals surface area contributed by atoms with Crippen LogP contribution in [0.5, 0.6) is 0 Å². The van der Waals surface area contributed by atoms with Crippen molar-refractivity contribution in [1.82, 2.24) is 10.3 Å². The van der Waals surface area contributed by atoms with Gasteiger partial charge in [-0.25, -0.2) is 5.84 Å². The second kappa shape index (κ2) is 8.95. The molecule has 0 aliphatic carbocycles. The zero-order chi connectivity index (χ0) is 13.3. The van der Waals surface area contributed by atoms with Crippen molar-refractivity contribution in [3.05, 3.63) is 0 Å². The molecule has 0 aromatic carbocycles. The monoisotopic (exact) mass is 244 g/mol. The predicted molar refractivity (Wildman–Crippen MR) is 66.7 cm³/mol. The Balaban J connectivity index is 3.82. The molecule has 17 heavy (non-hydrogen) atoms. The van der Waals surface area contributed by atoms with Crippen LogP contribution in [-0.2, 0) is 9.59 Å². The topological polar surface area (TPSA) is 101 Å². The number of carbonyl (C=O) groups excluding carboxylic acids is 2. The highest BCUT2D eigenvalue weighted by atomic mass is 16.2. The number of nitrogens with two attached hydrogens (primary N) is 2. The molecule has 0 atom stereocenters. The van der Waals surface area contributed by atoms with Crippen LogP contribution in [-0.4, -0.2) is 36.3 Å². The first-order valence-electron chi connectivity index (χ1n) is 5.95. The first-order valence-corrected chi connectivity index (χ1v) is 5.95. The van der Waals surface area contributed by atoms with Gasteiger partial charge >= 0.3 is 0 Å². The van der Waals surface area contributed by atoms with Crippen LogP contribution in [0.3, 0.4) is 0 Å². The number of hydrogen-bond donors (Lipinski definition) is 3. The van der Waals surface area contributed by atoms with Gasteiger partial charge in [-0.1, -0.05) is 13.8 Å². The van der Waals surface area contributed by atoms with Crippen LogP contribution in [0, 0.1) is 5.92 Å². The van der Waals surface area contributed by atoms with Crippen LogP contribution < -0.4 is 17.0 Å². The molecule has 6 heteroatoms. The Bertz CT molecular complexity index is 244. The van der Waals surface area contributed by atoms with Crippen molar-refractivity contribution in [2.45, 2.75) is 33.1 Å². The van der Waals surface area contributed by atoms with E-state index in [2.05, 4.69) is 19.3 Å². The summed E-state index contributed by atoms with van der Waals surface area (Å²) in [6.07, 6.45) is 2.03. The Morgan fingerprint density at radius 1 is 1.29 bits per heavy atom. The number of hydrogen-bond acceptors (Lipinski definition) is 4. The molecule has 0 saturated heterocycles. The third kappa shape index (κ3) is 9.77. The van der Waals surface area contributed by atoms with Gasteiger partial charge in [0.25, 0.3) is 0 Å². The van der Waals surface area contributed by atoms with Gasteiger partial charge in [-0.2, -0.15) is 0 Å². The highest BCUT2D eigenvalue weighted by molar-refractivity contribution is 5.76. The summed E-state index contributed by atoms with van der Waals surface area (Å²) in [5.41, 5.74) is 7.27. The lowest BCUT2D eigenvalue weighted by Crippen LogP contribution is -2.37. The third-order valence-electron chi connectivity index (χ3n) is 2.29. The Kier molecular flexibility index (Phi) is 8.35. The maximum Gasteiger partial charge on any atom is 0.233 e. The second-order valence-corrected chi connectivity index (χ2v) is 4.62. The third-order valence-corrected chi connectivity index (χ3v) is 2.29. The highest BCUT2D eigenvalue weighted by Crippen LogP contribution is 2.02. The van der Waals surface area contributed by atoms with E-state index in [1.54, 1.807) is 0 Å². The molecule has 0 saturated carbocycles.